The van der Waals surface area contributed by atoms with Crippen LogP contribution in [-0.2, 0) is 9.53 Å². The largest absolute Gasteiger partial charge is 0.479 e. The summed E-state index contributed by atoms with van der Waals surface area (Å²) < 4.78 is 5.81. The zero-order chi connectivity index (χ0) is 20.7. The van der Waals surface area contributed by atoms with Crippen molar-refractivity contribution in [3.63, 3.8) is 0 Å². The number of fused-ring (bicyclic) bond motifs is 2. The fraction of sp³-hybridized carbons (Fsp3) is 0.217. The first-order valence-electron chi connectivity index (χ1n) is 9.40. The predicted molar refractivity (Wildman–Crippen MR) is 115 cm³/mol. The average molecular weight is 409 g/mol. The summed E-state index contributed by atoms with van der Waals surface area (Å²) in [6.45, 7) is 5.46. The van der Waals surface area contributed by atoms with E-state index in [0.717, 1.165) is 32.9 Å². The number of carbonyl (C=O) groups is 1. The lowest BCUT2D eigenvalue weighted by molar-refractivity contribution is -0.153. The molecule has 1 unspecified atom stereocenters. The van der Waals surface area contributed by atoms with Crippen LogP contribution in [0.2, 0.25) is 5.02 Å². The van der Waals surface area contributed by atoms with Gasteiger partial charge in [-0.3, -0.25) is 4.98 Å². The van der Waals surface area contributed by atoms with E-state index in [4.69, 9.17) is 16.3 Å². The molecule has 2 N–H and O–H groups in total. The highest BCUT2D eigenvalue weighted by Gasteiger charge is 2.29. The van der Waals surface area contributed by atoms with Gasteiger partial charge >= 0.3 is 5.97 Å². The predicted octanol–water partition coefficient (Wildman–Crippen LogP) is 5.90. The molecule has 6 heteroatoms. The molecular formula is C23H21ClN2O3. The van der Waals surface area contributed by atoms with Crippen molar-refractivity contribution in [2.75, 3.05) is 0 Å². The van der Waals surface area contributed by atoms with Crippen LogP contribution in [0, 0.1) is 6.92 Å². The Morgan fingerprint density at radius 1 is 1.17 bits per heavy atom. The van der Waals surface area contributed by atoms with Gasteiger partial charge in [-0.2, -0.15) is 0 Å². The number of H-pyrrole nitrogens is 1. The summed E-state index contributed by atoms with van der Waals surface area (Å²) in [5, 5.41) is 12.4. The van der Waals surface area contributed by atoms with Crippen LogP contribution in [0.3, 0.4) is 0 Å². The Balaban J connectivity index is 2.10. The number of rotatable bonds is 5. The molecule has 0 saturated carbocycles. The molecule has 0 saturated heterocycles. The highest BCUT2D eigenvalue weighted by molar-refractivity contribution is 6.31. The third kappa shape index (κ3) is 3.59. The first kappa shape index (κ1) is 19.4. The lowest BCUT2D eigenvalue weighted by atomic mass is 9.91. The molecule has 0 bridgehead atoms. The highest BCUT2D eigenvalue weighted by Crippen LogP contribution is 2.39. The van der Waals surface area contributed by atoms with Crippen molar-refractivity contribution < 1.29 is 14.6 Å². The molecule has 2 aromatic carbocycles. The van der Waals surface area contributed by atoms with Gasteiger partial charge in [0.2, 0.25) is 0 Å². The Bertz CT molecular complexity index is 1230. The third-order valence-corrected chi connectivity index (χ3v) is 5.15. The normalized spacial score (nSPS) is 12.7. The van der Waals surface area contributed by atoms with E-state index in [-0.39, 0.29) is 6.10 Å². The van der Waals surface area contributed by atoms with E-state index >= 15 is 0 Å². The number of hydrogen-bond acceptors (Lipinski definition) is 3. The van der Waals surface area contributed by atoms with Crippen molar-refractivity contribution in [2.45, 2.75) is 33.0 Å². The number of carboxylic acid groups (broad SMARTS) is 1. The number of aromatic amines is 1. The number of benzene rings is 2. The van der Waals surface area contributed by atoms with Gasteiger partial charge in [-0.05, 0) is 67.6 Å². The number of halogens is 1. The van der Waals surface area contributed by atoms with Gasteiger partial charge in [0.25, 0.3) is 0 Å². The van der Waals surface area contributed by atoms with Crippen LogP contribution >= 0.6 is 11.6 Å². The lowest BCUT2D eigenvalue weighted by Gasteiger charge is -2.23. The van der Waals surface area contributed by atoms with Crippen LogP contribution in [0.5, 0.6) is 0 Å². The number of aryl methyl sites for hydroxylation is 1. The molecule has 1 atom stereocenters. The van der Waals surface area contributed by atoms with Crippen molar-refractivity contribution in [1.82, 2.24) is 9.97 Å². The molecule has 0 aliphatic carbocycles. The molecule has 0 spiro atoms. The number of pyridine rings is 1. The molecule has 29 heavy (non-hydrogen) atoms. The standard InChI is InChI=1S/C23H21ClN2O3/c1-12(2)29-22(23(27)28)20-13(3)26-18-7-6-16(24)11-17(18)21(20)15-5-4-14-8-9-25-19(14)10-15/h4-12,22,25H,1-3H3,(H,27,28). The van der Waals surface area contributed by atoms with E-state index in [0.29, 0.717) is 16.3 Å². The molecule has 148 valence electrons. The van der Waals surface area contributed by atoms with E-state index in [2.05, 4.69) is 9.97 Å². The molecule has 0 radical (unpaired) electrons. The zero-order valence-corrected chi connectivity index (χ0v) is 17.1. The Labute approximate surface area is 173 Å². The fourth-order valence-electron chi connectivity index (χ4n) is 3.73. The third-order valence-electron chi connectivity index (χ3n) is 4.91. The van der Waals surface area contributed by atoms with E-state index < -0.39 is 12.1 Å². The van der Waals surface area contributed by atoms with Gasteiger partial charge in [-0.25, -0.2) is 4.79 Å². The molecule has 4 aromatic rings. The van der Waals surface area contributed by atoms with Crippen LogP contribution in [0.25, 0.3) is 32.9 Å². The molecule has 0 aliphatic rings. The monoisotopic (exact) mass is 408 g/mol. The molecule has 4 rings (SSSR count). The molecular weight excluding hydrogens is 388 g/mol. The van der Waals surface area contributed by atoms with Crippen LogP contribution < -0.4 is 0 Å². The number of aromatic nitrogens is 2. The maximum atomic E-state index is 12.2. The number of carboxylic acids is 1. The minimum atomic E-state index is -1.14. The van der Waals surface area contributed by atoms with Gasteiger partial charge in [0.05, 0.1) is 11.6 Å². The Morgan fingerprint density at radius 3 is 2.69 bits per heavy atom. The second-order valence-corrected chi connectivity index (χ2v) is 7.77. The van der Waals surface area contributed by atoms with Gasteiger partial charge in [-0.1, -0.05) is 23.7 Å². The summed E-state index contributed by atoms with van der Waals surface area (Å²) >= 11 is 6.29. The van der Waals surface area contributed by atoms with Crippen molar-refractivity contribution >= 4 is 39.4 Å². The Morgan fingerprint density at radius 2 is 1.97 bits per heavy atom. The van der Waals surface area contributed by atoms with Crippen LogP contribution in [0.1, 0.15) is 31.2 Å². The van der Waals surface area contributed by atoms with Crippen molar-refractivity contribution in [2.24, 2.45) is 0 Å². The molecule has 0 amide bonds. The van der Waals surface area contributed by atoms with E-state index in [1.807, 2.05) is 63.4 Å². The van der Waals surface area contributed by atoms with Crippen LogP contribution in [0.15, 0.2) is 48.7 Å². The second-order valence-electron chi connectivity index (χ2n) is 7.33. The quantitative estimate of drug-likeness (QED) is 0.431. The first-order valence-corrected chi connectivity index (χ1v) is 9.78. The summed E-state index contributed by atoms with van der Waals surface area (Å²) in [7, 11) is 0. The van der Waals surface area contributed by atoms with E-state index in [9.17, 15) is 9.90 Å². The Kier molecular flexibility index (Phi) is 5.03. The minimum Gasteiger partial charge on any atom is -0.479 e. The molecule has 2 heterocycles. The minimum absolute atomic E-state index is 0.260. The molecule has 0 fully saturated rings. The molecule has 2 aromatic heterocycles. The smallest absolute Gasteiger partial charge is 0.337 e. The molecule has 0 aliphatic heterocycles. The Hall–Kier alpha value is -2.89. The van der Waals surface area contributed by atoms with Gasteiger partial charge in [0.15, 0.2) is 6.10 Å². The van der Waals surface area contributed by atoms with Gasteiger partial charge in [-0.15, -0.1) is 0 Å². The number of hydrogen-bond donors (Lipinski definition) is 2. The maximum absolute atomic E-state index is 12.2. The number of ether oxygens (including phenoxy) is 1. The zero-order valence-electron chi connectivity index (χ0n) is 16.4. The average Bonchev–Trinajstić information content (AvgIpc) is 3.13. The van der Waals surface area contributed by atoms with Gasteiger partial charge in [0.1, 0.15) is 0 Å². The summed E-state index contributed by atoms with van der Waals surface area (Å²) in [5.41, 5.74) is 4.55. The highest BCUT2D eigenvalue weighted by atomic mass is 35.5. The van der Waals surface area contributed by atoms with E-state index in [1.54, 1.807) is 6.07 Å². The summed E-state index contributed by atoms with van der Waals surface area (Å²) in [6, 6.07) is 13.5. The summed E-state index contributed by atoms with van der Waals surface area (Å²) in [6.07, 6.45) is 0.480. The number of nitrogens with zero attached hydrogens (tertiary/aromatic N) is 1. The van der Waals surface area contributed by atoms with E-state index in [1.165, 1.54) is 0 Å². The number of aliphatic carboxylic acids is 1. The fourth-order valence-corrected chi connectivity index (χ4v) is 3.90. The first-order chi connectivity index (χ1) is 13.8. The lowest BCUT2D eigenvalue weighted by Crippen LogP contribution is -2.21. The molecule has 5 nitrogen and oxygen atoms in total. The maximum Gasteiger partial charge on any atom is 0.337 e. The topological polar surface area (TPSA) is 75.2 Å². The summed E-state index contributed by atoms with van der Waals surface area (Å²) in [4.78, 5) is 20.0. The number of nitrogens with one attached hydrogen (secondary N) is 1. The van der Waals surface area contributed by atoms with Crippen LogP contribution in [-0.4, -0.2) is 27.1 Å². The van der Waals surface area contributed by atoms with Crippen molar-refractivity contribution in [1.29, 1.82) is 0 Å². The van der Waals surface area contributed by atoms with Crippen LogP contribution in [0.4, 0.5) is 0 Å². The van der Waals surface area contributed by atoms with Crippen molar-refractivity contribution in [3.8, 4) is 11.1 Å². The van der Waals surface area contributed by atoms with Gasteiger partial charge < -0.3 is 14.8 Å². The van der Waals surface area contributed by atoms with Gasteiger partial charge in [0, 0.05) is 33.4 Å². The summed E-state index contributed by atoms with van der Waals surface area (Å²) in [5.74, 6) is -1.05. The second kappa shape index (κ2) is 7.50. The SMILES string of the molecule is Cc1nc2ccc(Cl)cc2c(-c2ccc3cc[nH]c3c2)c1C(OC(C)C)C(=O)O. The van der Waals surface area contributed by atoms with Crippen molar-refractivity contribution in [3.05, 3.63) is 64.9 Å².